The van der Waals surface area contributed by atoms with Gasteiger partial charge < -0.3 is 14.4 Å². The highest BCUT2D eigenvalue weighted by atomic mass is 32.1. The van der Waals surface area contributed by atoms with Gasteiger partial charge in [-0.15, -0.1) is 11.3 Å². The first kappa shape index (κ1) is 41.7. The largest absolute Gasteiger partial charge is 0.310 e. The molecule has 0 aliphatic carbocycles. The Morgan fingerprint density at radius 3 is 1.11 bits per heavy atom. The quantitative estimate of drug-likeness (QED) is 0.143. The summed E-state index contributed by atoms with van der Waals surface area (Å²) >= 11 is 1.88. The fraction of sp³-hybridized carbons (Fsp3) is 0. The lowest BCUT2D eigenvalue weighted by atomic mass is 9.96. The molecular formula is C68H45N3S. The van der Waals surface area contributed by atoms with E-state index in [9.17, 15) is 0 Å². The SMILES string of the molecule is c1ccc(-c2ccc(N(c3ccccc3)c3cc4c(c5ccccc35)c3c5ccccc5c(N(c5ccccc5)c5ccc(-c6ccccc6)cc5)cc3n4-c3cccc4c3sc3ccccc34)cc2)cc1. The van der Waals surface area contributed by atoms with Crippen LogP contribution in [-0.4, -0.2) is 4.57 Å². The van der Waals surface area contributed by atoms with Crippen molar-refractivity contribution in [2.24, 2.45) is 0 Å². The van der Waals surface area contributed by atoms with Gasteiger partial charge in [0.05, 0.1) is 32.8 Å². The fourth-order valence-corrected chi connectivity index (χ4v) is 12.3. The molecule has 14 aromatic rings. The second-order valence-corrected chi connectivity index (χ2v) is 19.5. The van der Waals surface area contributed by atoms with Gasteiger partial charge in [0.15, 0.2) is 0 Å². The molecule has 0 saturated heterocycles. The van der Waals surface area contributed by atoms with Crippen molar-refractivity contribution in [3.63, 3.8) is 0 Å². The molecule has 0 spiro atoms. The molecule has 0 saturated carbocycles. The van der Waals surface area contributed by atoms with Gasteiger partial charge in [0.1, 0.15) is 0 Å². The van der Waals surface area contributed by atoms with Crippen molar-refractivity contribution in [2.75, 3.05) is 9.80 Å². The van der Waals surface area contributed by atoms with Crippen LogP contribution in [0.5, 0.6) is 0 Å². The maximum atomic E-state index is 2.58. The summed E-state index contributed by atoms with van der Waals surface area (Å²) in [7, 11) is 0. The maximum Gasteiger partial charge on any atom is 0.0640 e. The highest BCUT2D eigenvalue weighted by molar-refractivity contribution is 7.26. The van der Waals surface area contributed by atoms with Crippen LogP contribution in [0.4, 0.5) is 34.1 Å². The highest BCUT2D eigenvalue weighted by Gasteiger charge is 2.27. The van der Waals surface area contributed by atoms with Gasteiger partial charge in [0, 0.05) is 59.8 Å². The lowest BCUT2D eigenvalue weighted by molar-refractivity contribution is 1.20. The summed E-state index contributed by atoms with van der Waals surface area (Å²) < 4.78 is 5.12. The minimum absolute atomic E-state index is 1.09. The third-order valence-electron chi connectivity index (χ3n) is 14.3. The Kier molecular flexibility index (Phi) is 10.0. The molecule has 14 rings (SSSR count). The first-order valence-corrected chi connectivity index (χ1v) is 25.4. The molecule has 0 aliphatic heterocycles. The van der Waals surface area contributed by atoms with Crippen molar-refractivity contribution in [1.82, 2.24) is 4.57 Å². The van der Waals surface area contributed by atoms with Crippen LogP contribution in [0, 0.1) is 0 Å². The van der Waals surface area contributed by atoms with Crippen LogP contribution in [-0.2, 0) is 0 Å². The van der Waals surface area contributed by atoms with Crippen LogP contribution < -0.4 is 9.80 Å². The van der Waals surface area contributed by atoms with Crippen molar-refractivity contribution in [3.8, 4) is 27.9 Å². The molecule has 72 heavy (non-hydrogen) atoms. The third-order valence-corrected chi connectivity index (χ3v) is 15.5. The first-order chi connectivity index (χ1) is 35.7. The Morgan fingerprint density at radius 1 is 0.278 bits per heavy atom. The standard InChI is InChI=1S/C68H45N3S/c1-5-20-46(21-6-1)48-36-40-52(41-37-48)69(50-24-9-3-10-25-50)61-44-63-66(57-31-15-13-28-54(57)61)67-58-32-16-14-29-55(58)62(45-64(67)71(63)60-34-19-33-59-56-30-17-18-35-65(56)72-68(59)60)70(51-26-11-4-12-27-51)53-42-38-49(39-43-53)47-22-7-2-8-23-47/h1-45H. The molecule has 0 bridgehead atoms. The molecule has 0 N–H and O–H groups in total. The van der Waals surface area contributed by atoms with E-state index in [0.717, 1.165) is 50.8 Å². The zero-order valence-corrected chi connectivity index (χ0v) is 40.0. The lowest BCUT2D eigenvalue weighted by Crippen LogP contribution is -2.11. The van der Waals surface area contributed by atoms with Crippen LogP contribution in [0.2, 0.25) is 0 Å². The molecule has 4 heteroatoms. The topological polar surface area (TPSA) is 11.4 Å². The summed E-state index contributed by atoms with van der Waals surface area (Å²) in [5.41, 5.74) is 14.8. The van der Waals surface area contributed by atoms with E-state index in [4.69, 9.17) is 0 Å². The molecule has 3 nitrogen and oxygen atoms in total. The Bertz CT molecular complexity index is 4070. The Labute approximate surface area is 422 Å². The summed E-state index contributed by atoms with van der Waals surface area (Å²) in [4.78, 5) is 4.89. The zero-order chi connectivity index (χ0) is 47.5. The number of anilines is 6. The van der Waals surface area contributed by atoms with Gasteiger partial charge in [-0.2, -0.15) is 0 Å². The summed E-state index contributed by atoms with van der Waals surface area (Å²) in [5.74, 6) is 0. The summed E-state index contributed by atoms with van der Waals surface area (Å²) in [6.07, 6.45) is 0. The molecule has 2 heterocycles. The molecule has 0 radical (unpaired) electrons. The van der Waals surface area contributed by atoms with Gasteiger partial charge in [-0.25, -0.2) is 0 Å². The van der Waals surface area contributed by atoms with E-state index in [0.29, 0.717) is 0 Å². The molecule has 338 valence electrons. The maximum absolute atomic E-state index is 2.58. The van der Waals surface area contributed by atoms with E-state index in [-0.39, 0.29) is 0 Å². The Hall–Kier alpha value is -9.22. The molecule has 12 aromatic carbocycles. The molecular weight excluding hydrogens is 891 g/mol. The van der Waals surface area contributed by atoms with Crippen molar-refractivity contribution in [3.05, 3.63) is 273 Å². The number of nitrogens with zero attached hydrogens (tertiary/aromatic N) is 3. The molecule has 0 aliphatic rings. The van der Waals surface area contributed by atoms with E-state index < -0.39 is 0 Å². The molecule has 0 amide bonds. The second kappa shape index (κ2) is 17.3. The second-order valence-electron chi connectivity index (χ2n) is 18.4. The number of hydrogen-bond donors (Lipinski definition) is 0. The average molecular weight is 936 g/mol. The van der Waals surface area contributed by atoms with Crippen molar-refractivity contribution in [1.29, 1.82) is 0 Å². The number of aromatic nitrogens is 1. The summed E-state index contributed by atoms with van der Waals surface area (Å²) in [6.45, 7) is 0. The van der Waals surface area contributed by atoms with E-state index in [2.05, 4.69) is 287 Å². The van der Waals surface area contributed by atoms with E-state index in [1.54, 1.807) is 0 Å². The average Bonchev–Trinajstić information content (AvgIpc) is 4.01. The first-order valence-electron chi connectivity index (χ1n) is 24.6. The van der Waals surface area contributed by atoms with Gasteiger partial charge in [0.2, 0.25) is 0 Å². The van der Waals surface area contributed by atoms with Gasteiger partial charge in [0.25, 0.3) is 0 Å². The normalized spacial score (nSPS) is 11.6. The number of para-hydroxylation sites is 2. The van der Waals surface area contributed by atoms with Crippen molar-refractivity contribution in [2.45, 2.75) is 0 Å². The van der Waals surface area contributed by atoms with Crippen LogP contribution in [0.25, 0.3) is 91.5 Å². The Balaban J connectivity index is 1.10. The minimum Gasteiger partial charge on any atom is -0.310 e. The smallest absolute Gasteiger partial charge is 0.0640 e. The molecule has 0 unspecified atom stereocenters. The van der Waals surface area contributed by atoms with Gasteiger partial charge >= 0.3 is 0 Å². The van der Waals surface area contributed by atoms with E-state index in [1.807, 2.05) is 11.3 Å². The minimum atomic E-state index is 1.09. The summed E-state index contributed by atoms with van der Waals surface area (Å²) in [5, 5.41) is 9.77. The number of fused-ring (bicyclic) bond motifs is 10. The van der Waals surface area contributed by atoms with Crippen LogP contribution >= 0.6 is 11.3 Å². The number of rotatable bonds is 9. The van der Waals surface area contributed by atoms with E-state index in [1.165, 1.54) is 74.7 Å². The predicted molar refractivity (Wildman–Crippen MR) is 309 cm³/mol. The third kappa shape index (κ3) is 6.87. The van der Waals surface area contributed by atoms with Gasteiger partial charge in [-0.3, -0.25) is 0 Å². The lowest BCUT2D eigenvalue weighted by Gasteiger charge is -2.27. The van der Waals surface area contributed by atoms with Crippen LogP contribution in [0.3, 0.4) is 0 Å². The number of hydrogen-bond acceptors (Lipinski definition) is 3. The molecule has 0 atom stereocenters. The van der Waals surface area contributed by atoms with Gasteiger partial charge in [-0.1, -0.05) is 200 Å². The zero-order valence-electron chi connectivity index (χ0n) is 39.2. The van der Waals surface area contributed by atoms with Crippen LogP contribution in [0.1, 0.15) is 0 Å². The number of benzene rings is 12. The van der Waals surface area contributed by atoms with E-state index >= 15 is 0 Å². The predicted octanol–water partition coefficient (Wildman–Crippen LogP) is 19.7. The molecule has 0 fully saturated rings. The van der Waals surface area contributed by atoms with Crippen LogP contribution in [0.15, 0.2) is 273 Å². The Morgan fingerprint density at radius 2 is 0.639 bits per heavy atom. The fourth-order valence-electron chi connectivity index (χ4n) is 11.1. The van der Waals surface area contributed by atoms with Crippen molar-refractivity contribution < 1.29 is 0 Å². The van der Waals surface area contributed by atoms with Crippen molar-refractivity contribution >= 4 is 109 Å². The van der Waals surface area contributed by atoms with Gasteiger partial charge in [-0.05, 0) is 106 Å². The number of thiophene rings is 1. The highest BCUT2D eigenvalue weighted by Crippen LogP contribution is 2.51. The summed E-state index contributed by atoms with van der Waals surface area (Å²) in [6, 6.07) is 99.7. The monoisotopic (exact) mass is 935 g/mol. The molecule has 2 aromatic heterocycles.